The molecule has 0 bridgehead atoms. The molecule has 1 N–H and O–H groups in total. The molecule has 2 amide bonds. The maximum atomic E-state index is 14.2. The molecule has 0 aliphatic carbocycles. The molecule has 3 rings (SSSR count). The van der Waals surface area contributed by atoms with Crippen LogP contribution in [0.25, 0.3) is 0 Å². The molecule has 41 heavy (non-hydrogen) atoms. The zero-order valence-corrected chi connectivity index (χ0v) is 25.6. The number of benzene rings is 3. The number of aryl methyl sites for hydroxylation is 2. The van der Waals surface area contributed by atoms with Crippen LogP contribution >= 0.6 is 0 Å². The fraction of sp³-hybridized carbons (Fsp3) is 0.375. The second kappa shape index (κ2) is 14.2. The monoisotopic (exact) mass is 579 g/mol. The highest BCUT2D eigenvalue weighted by molar-refractivity contribution is 7.92. The van der Waals surface area contributed by atoms with Gasteiger partial charge in [-0.05, 0) is 69.0 Å². The number of nitrogens with zero attached hydrogens (tertiary/aromatic N) is 2. The summed E-state index contributed by atoms with van der Waals surface area (Å²) in [7, 11) is -2.72. The van der Waals surface area contributed by atoms with Gasteiger partial charge in [0.2, 0.25) is 11.8 Å². The number of methoxy groups -OCH3 is 1. The maximum Gasteiger partial charge on any atom is 0.264 e. The van der Waals surface area contributed by atoms with Gasteiger partial charge in [-0.1, -0.05) is 67.9 Å². The van der Waals surface area contributed by atoms with Gasteiger partial charge in [0.25, 0.3) is 10.0 Å². The third-order valence-corrected chi connectivity index (χ3v) is 8.81. The number of nitrogens with one attached hydrogen (secondary N) is 1. The van der Waals surface area contributed by atoms with Gasteiger partial charge in [0.15, 0.2) is 0 Å². The number of carbonyl (C=O) groups is 2. The van der Waals surface area contributed by atoms with E-state index in [1.807, 2.05) is 65.0 Å². The minimum absolute atomic E-state index is 0.0446. The smallest absolute Gasteiger partial charge is 0.264 e. The maximum absolute atomic E-state index is 14.2. The summed E-state index contributed by atoms with van der Waals surface area (Å²) in [5.74, 6) is -0.455. The Hall–Kier alpha value is -3.85. The second-order valence-corrected chi connectivity index (χ2v) is 12.1. The van der Waals surface area contributed by atoms with Crippen molar-refractivity contribution in [1.29, 1.82) is 0 Å². The highest BCUT2D eigenvalue weighted by Crippen LogP contribution is 2.33. The summed E-state index contributed by atoms with van der Waals surface area (Å²) in [4.78, 5) is 29.2. The molecule has 8 nitrogen and oxygen atoms in total. The second-order valence-electron chi connectivity index (χ2n) is 10.3. The lowest BCUT2D eigenvalue weighted by Crippen LogP contribution is -2.53. The molecule has 0 spiro atoms. The van der Waals surface area contributed by atoms with E-state index in [2.05, 4.69) is 5.32 Å². The minimum Gasteiger partial charge on any atom is -0.495 e. The van der Waals surface area contributed by atoms with Crippen LogP contribution in [-0.2, 0) is 26.2 Å². The molecule has 0 fully saturated rings. The Morgan fingerprint density at radius 3 is 2.20 bits per heavy atom. The number of hydrogen-bond acceptors (Lipinski definition) is 5. The normalized spacial score (nSPS) is 12.7. The Morgan fingerprint density at radius 1 is 0.902 bits per heavy atom. The highest BCUT2D eigenvalue weighted by atomic mass is 32.2. The van der Waals surface area contributed by atoms with Crippen molar-refractivity contribution in [1.82, 2.24) is 10.2 Å². The van der Waals surface area contributed by atoms with E-state index in [1.54, 1.807) is 30.3 Å². The summed E-state index contributed by atoms with van der Waals surface area (Å²) in [6, 6.07) is 20.0. The van der Waals surface area contributed by atoms with Crippen molar-refractivity contribution in [2.75, 3.05) is 18.0 Å². The molecule has 0 saturated carbocycles. The number of amides is 2. The van der Waals surface area contributed by atoms with Crippen LogP contribution in [-0.4, -0.2) is 50.9 Å². The predicted octanol–water partition coefficient (Wildman–Crippen LogP) is 5.23. The molecule has 0 aliphatic heterocycles. The Bertz CT molecular complexity index is 1440. The zero-order valence-electron chi connectivity index (χ0n) is 24.8. The third kappa shape index (κ3) is 7.88. The average molecular weight is 580 g/mol. The van der Waals surface area contributed by atoms with E-state index in [-0.39, 0.29) is 29.1 Å². The first-order chi connectivity index (χ1) is 19.5. The van der Waals surface area contributed by atoms with Crippen molar-refractivity contribution < 1.29 is 22.7 Å². The van der Waals surface area contributed by atoms with Gasteiger partial charge in [0.1, 0.15) is 18.3 Å². The lowest BCUT2D eigenvalue weighted by atomic mass is 10.1. The van der Waals surface area contributed by atoms with E-state index >= 15 is 0 Å². The van der Waals surface area contributed by atoms with E-state index in [0.717, 1.165) is 27.4 Å². The summed E-state index contributed by atoms with van der Waals surface area (Å²) in [5.41, 5.74) is 2.92. The number of rotatable bonds is 13. The van der Waals surface area contributed by atoms with E-state index in [9.17, 15) is 18.0 Å². The van der Waals surface area contributed by atoms with Crippen LogP contribution in [0.4, 0.5) is 5.69 Å². The summed E-state index contributed by atoms with van der Waals surface area (Å²) < 4.78 is 34.7. The number of hydrogen-bond donors (Lipinski definition) is 1. The molecule has 2 atom stereocenters. The van der Waals surface area contributed by atoms with Gasteiger partial charge in [-0.15, -0.1) is 0 Å². The lowest BCUT2D eigenvalue weighted by Gasteiger charge is -2.34. The van der Waals surface area contributed by atoms with Crippen molar-refractivity contribution in [3.63, 3.8) is 0 Å². The van der Waals surface area contributed by atoms with E-state index < -0.39 is 28.5 Å². The summed E-state index contributed by atoms with van der Waals surface area (Å²) in [5, 5.41) is 3.00. The predicted molar refractivity (Wildman–Crippen MR) is 162 cm³/mol. The van der Waals surface area contributed by atoms with Gasteiger partial charge in [-0.2, -0.15) is 0 Å². The highest BCUT2D eigenvalue weighted by Gasteiger charge is 2.35. The van der Waals surface area contributed by atoms with Crippen LogP contribution in [0.1, 0.15) is 50.3 Å². The van der Waals surface area contributed by atoms with Crippen molar-refractivity contribution in [2.45, 2.75) is 71.0 Å². The Labute approximate surface area is 244 Å². The first-order valence-corrected chi connectivity index (χ1v) is 15.3. The topological polar surface area (TPSA) is 96.0 Å². The first kappa shape index (κ1) is 31.7. The quantitative estimate of drug-likeness (QED) is 0.299. The standard InChI is InChI=1S/C32H41N3O5S/c1-7-25(5)33-32(37)28(8-2)34(21-26-14-12-13-23(3)19-26)31(36)22-35(29-20-24(4)17-18-30(29)40-6)41(38,39)27-15-10-9-11-16-27/h9-20,25,28H,7-8,21-22H2,1-6H3,(H,33,37)/t25-,28-/m1/s1. The molecular weight excluding hydrogens is 538 g/mol. The molecule has 0 aromatic heterocycles. The summed E-state index contributed by atoms with van der Waals surface area (Å²) >= 11 is 0. The molecule has 220 valence electrons. The van der Waals surface area contributed by atoms with Gasteiger partial charge in [0.05, 0.1) is 17.7 Å². The van der Waals surface area contributed by atoms with Crippen LogP contribution in [0.15, 0.2) is 77.7 Å². The van der Waals surface area contributed by atoms with Crippen molar-refractivity contribution in [2.24, 2.45) is 0 Å². The van der Waals surface area contributed by atoms with Crippen molar-refractivity contribution in [3.8, 4) is 5.75 Å². The van der Waals surface area contributed by atoms with Gasteiger partial charge in [-0.25, -0.2) is 8.42 Å². The van der Waals surface area contributed by atoms with Crippen LogP contribution in [0.3, 0.4) is 0 Å². The number of anilines is 1. The van der Waals surface area contributed by atoms with Crippen molar-refractivity contribution >= 4 is 27.5 Å². The SMILES string of the molecule is CC[C@@H](C)NC(=O)[C@@H](CC)N(Cc1cccc(C)c1)C(=O)CN(c1cc(C)ccc1OC)S(=O)(=O)c1ccccc1. The molecule has 0 radical (unpaired) electrons. The number of sulfonamides is 1. The molecule has 0 heterocycles. The van der Waals surface area contributed by atoms with Gasteiger partial charge >= 0.3 is 0 Å². The van der Waals surface area contributed by atoms with E-state index in [1.165, 1.54) is 24.1 Å². The number of ether oxygens (including phenoxy) is 1. The minimum atomic E-state index is -4.18. The van der Waals surface area contributed by atoms with Crippen LogP contribution < -0.4 is 14.4 Å². The van der Waals surface area contributed by atoms with Gasteiger partial charge < -0.3 is 15.0 Å². The van der Waals surface area contributed by atoms with Gasteiger partial charge in [-0.3, -0.25) is 13.9 Å². The van der Waals surface area contributed by atoms with E-state index in [4.69, 9.17) is 4.74 Å². The molecule has 9 heteroatoms. The van der Waals surface area contributed by atoms with E-state index in [0.29, 0.717) is 12.2 Å². The van der Waals surface area contributed by atoms with Crippen LogP contribution in [0.5, 0.6) is 5.75 Å². The molecule has 0 aliphatic rings. The first-order valence-electron chi connectivity index (χ1n) is 13.9. The van der Waals surface area contributed by atoms with Crippen molar-refractivity contribution in [3.05, 3.63) is 89.5 Å². The Morgan fingerprint density at radius 2 is 1.59 bits per heavy atom. The lowest BCUT2D eigenvalue weighted by molar-refractivity contribution is -0.140. The summed E-state index contributed by atoms with van der Waals surface area (Å²) in [6.07, 6.45) is 1.10. The molecule has 0 unspecified atom stereocenters. The number of carbonyl (C=O) groups excluding carboxylic acids is 2. The van der Waals surface area contributed by atoms with Crippen LogP contribution in [0.2, 0.25) is 0 Å². The molecule has 0 saturated heterocycles. The average Bonchev–Trinajstić information content (AvgIpc) is 2.96. The fourth-order valence-corrected chi connectivity index (χ4v) is 6.03. The summed E-state index contributed by atoms with van der Waals surface area (Å²) in [6.45, 7) is 9.17. The Balaban J connectivity index is 2.12. The Kier molecular flexibility index (Phi) is 10.9. The zero-order chi connectivity index (χ0) is 30.2. The van der Waals surface area contributed by atoms with Crippen LogP contribution in [0, 0.1) is 13.8 Å². The molecule has 3 aromatic rings. The largest absolute Gasteiger partial charge is 0.495 e. The molecule has 3 aromatic carbocycles. The van der Waals surface area contributed by atoms with Gasteiger partial charge in [0, 0.05) is 12.6 Å². The molecular formula is C32H41N3O5S. The third-order valence-electron chi connectivity index (χ3n) is 7.04. The fourth-order valence-electron chi connectivity index (χ4n) is 4.60.